The second-order valence-corrected chi connectivity index (χ2v) is 6.76. The predicted molar refractivity (Wildman–Crippen MR) is 93.5 cm³/mol. The van der Waals surface area contributed by atoms with Crippen molar-refractivity contribution in [3.8, 4) is 0 Å². The molecule has 0 heterocycles. The normalized spacial score (nSPS) is 11.2. The number of ketones is 1. The first-order valence-corrected chi connectivity index (χ1v) is 9.41. The highest BCUT2D eigenvalue weighted by Crippen LogP contribution is 2.13. The third-order valence-corrected chi connectivity index (χ3v) is 4.27. The molecule has 0 aliphatic heterocycles. The van der Waals surface area contributed by atoms with Crippen molar-refractivity contribution in [3.63, 3.8) is 0 Å². The van der Waals surface area contributed by atoms with E-state index in [1.165, 1.54) is 77.0 Å². The van der Waals surface area contributed by atoms with E-state index < -0.39 is 0 Å². The van der Waals surface area contributed by atoms with E-state index in [1.807, 2.05) is 13.8 Å². The minimum Gasteiger partial charge on any atom is -0.330 e. The van der Waals surface area contributed by atoms with Crippen molar-refractivity contribution in [3.05, 3.63) is 0 Å². The summed E-state index contributed by atoms with van der Waals surface area (Å²) < 4.78 is 0. The standard InChI is InChI=1S/C19H39NO/c1-18(2)19(21)16-14-12-10-8-6-4-3-5-7-9-11-13-15-17-20/h18H,3-17,20H2,1-2H3. The molecule has 0 fully saturated rings. The summed E-state index contributed by atoms with van der Waals surface area (Å²) in [6, 6.07) is 0. The van der Waals surface area contributed by atoms with Gasteiger partial charge < -0.3 is 5.73 Å². The van der Waals surface area contributed by atoms with Crippen LogP contribution in [0.3, 0.4) is 0 Å². The number of rotatable bonds is 16. The van der Waals surface area contributed by atoms with Gasteiger partial charge in [0.15, 0.2) is 0 Å². The summed E-state index contributed by atoms with van der Waals surface area (Å²) in [7, 11) is 0. The lowest BCUT2D eigenvalue weighted by molar-refractivity contribution is -0.122. The van der Waals surface area contributed by atoms with E-state index in [9.17, 15) is 4.79 Å². The Bertz CT molecular complexity index is 226. The van der Waals surface area contributed by atoms with Crippen LogP contribution in [-0.2, 0) is 4.79 Å². The molecule has 0 saturated carbocycles. The molecule has 126 valence electrons. The quantitative estimate of drug-likeness (QED) is 0.375. The number of carbonyl (C=O) groups is 1. The van der Waals surface area contributed by atoms with Crippen molar-refractivity contribution in [2.45, 2.75) is 104 Å². The smallest absolute Gasteiger partial charge is 0.135 e. The van der Waals surface area contributed by atoms with E-state index in [0.717, 1.165) is 19.4 Å². The monoisotopic (exact) mass is 297 g/mol. The minimum absolute atomic E-state index is 0.223. The zero-order valence-electron chi connectivity index (χ0n) is 14.7. The number of Topliss-reactive ketones (excluding diaryl/α,β-unsaturated/α-hetero) is 1. The van der Waals surface area contributed by atoms with Gasteiger partial charge in [-0.2, -0.15) is 0 Å². The van der Waals surface area contributed by atoms with Gasteiger partial charge in [0.2, 0.25) is 0 Å². The van der Waals surface area contributed by atoms with Crippen molar-refractivity contribution in [1.29, 1.82) is 0 Å². The van der Waals surface area contributed by atoms with E-state index >= 15 is 0 Å². The summed E-state index contributed by atoms with van der Waals surface area (Å²) >= 11 is 0. The van der Waals surface area contributed by atoms with Crippen LogP contribution in [0.2, 0.25) is 0 Å². The molecule has 0 unspecified atom stereocenters. The zero-order chi connectivity index (χ0) is 15.8. The van der Waals surface area contributed by atoms with Gasteiger partial charge in [-0.15, -0.1) is 0 Å². The first-order chi connectivity index (χ1) is 10.2. The van der Waals surface area contributed by atoms with Gasteiger partial charge in [-0.1, -0.05) is 84.5 Å². The van der Waals surface area contributed by atoms with Crippen molar-refractivity contribution >= 4 is 5.78 Å². The molecule has 0 bridgehead atoms. The third kappa shape index (κ3) is 15.8. The molecule has 2 nitrogen and oxygen atoms in total. The molecule has 21 heavy (non-hydrogen) atoms. The SMILES string of the molecule is CC(C)C(=O)CCCCCCCCCCCCCCCN. The van der Waals surface area contributed by atoms with Gasteiger partial charge in [-0.3, -0.25) is 4.79 Å². The van der Waals surface area contributed by atoms with Crippen LogP contribution in [0.1, 0.15) is 104 Å². The van der Waals surface area contributed by atoms with Crippen molar-refractivity contribution in [1.82, 2.24) is 0 Å². The number of hydrogen-bond acceptors (Lipinski definition) is 2. The zero-order valence-corrected chi connectivity index (χ0v) is 14.7. The molecule has 0 aromatic carbocycles. The Hall–Kier alpha value is -0.370. The largest absolute Gasteiger partial charge is 0.330 e. The summed E-state index contributed by atoms with van der Waals surface area (Å²) in [5.41, 5.74) is 5.48. The number of nitrogens with two attached hydrogens (primary N) is 1. The molecule has 0 aliphatic carbocycles. The van der Waals surface area contributed by atoms with Crippen LogP contribution >= 0.6 is 0 Å². The van der Waals surface area contributed by atoms with Crippen LogP contribution in [0, 0.1) is 5.92 Å². The maximum Gasteiger partial charge on any atom is 0.135 e. The van der Waals surface area contributed by atoms with Gasteiger partial charge in [-0.05, 0) is 19.4 Å². The van der Waals surface area contributed by atoms with Crippen LogP contribution < -0.4 is 5.73 Å². The van der Waals surface area contributed by atoms with Crippen molar-refractivity contribution < 1.29 is 4.79 Å². The van der Waals surface area contributed by atoms with Gasteiger partial charge in [0, 0.05) is 12.3 Å². The van der Waals surface area contributed by atoms with Crippen LogP contribution in [-0.4, -0.2) is 12.3 Å². The number of carbonyl (C=O) groups excluding carboxylic acids is 1. The summed E-state index contributed by atoms with van der Waals surface area (Å²) in [6.45, 7) is 4.85. The first kappa shape index (κ1) is 20.6. The summed E-state index contributed by atoms with van der Waals surface area (Å²) in [5.74, 6) is 0.654. The Morgan fingerprint density at radius 2 is 1.00 bits per heavy atom. The molecule has 0 aliphatic rings. The minimum atomic E-state index is 0.223. The van der Waals surface area contributed by atoms with E-state index in [-0.39, 0.29) is 5.92 Å². The molecule has 0 aromatic heterocycles. The molecule has 0 radical (unpaired) electrons. The fraction of sp³-hybridized carbons (Fsp3) is 0.947. The first-order valence-electron chi connectivity index (χ1n) is 9.41. The molecule has 2 N–H and O–H groups in total. The molecule has 0 rings (SSSR count). The Morgan fingerprint density at radius 1 is 0.667 bits per heavy atom. The maximum absolute atomic E-state index is 11.5. The van der Waals surface area contributed by atoms with Gasteiger partial charge in [-0.25, -0.2) is 0 Å². The fourth-order valence-electron chi connectivity index (χ4n) is 2.68. The molecule has 0 atom stereocenters. The Kier molecular flexibility index (Phi) is 15.7. The fourth-order valence-corrected chi connectivity index (χ4v) is 2.68. The second kappa shape index (κ2) is 16.0. The molecular weight excluding hydrogens is 258 g/mol. The van der Waals surface area contributed by atoms with E-state index in [1.54, 1.807) is 0 Å². The summed E-state index contributed by atoms with van der Waals surface area (Å²) in [4.78, 5) is 11.5. The lowest BCUT2D eigenvalue weighted by Gasteiger charge is -2.04. The molecule has 2 heteroatoms. The lowest BCUT2D eigenvalue weighted by atomic mass is 10.0. The average molecular weight is 298 g/mol. The highest BCUT2D eigenvalue weighted by Gasteiger charge is 2.05. The molecular formula is C19H39NO. The Labute approximate surface area is 133 Å². The number of unbranched alkanes of at least 4 members (excludes halogenated alkanes) is 12. The van der Waals surface area contributed by atoms with E-state index in [4.69, 9.17) is 5.73 Å². The van der Waals surface area contributed by atoms with Gasteiger partial charge in [0.1, 0.15) is 5.78 Å². The van der Waals surface area contributed by atoms with Crippen LogP contribution in [0.5, 0.6) is 0 Å². The van der Waals surface area contributed by atoms with Crippen LogP contribution in [0.4, 0.5) is 0 Å². The Morgan fingerprint density at radius 3 is 1.33 bits per heavy atom. The molecule has 0 saturated heterocycles. The van der Waals surface area contributed by atoms with E-state index in [2.05, 4.69) is 0 Å². The summed E-state index contributed by atoms with van der Waals surface area (Å²) in [6.07, 6.45) is 18.1. The molecule has 0 amide bonds. The molecule has 0 spiro atoms. The molecule has 0 aromatic rings. The highest BCUT2D eigenvalue weighted by atomic mass is 16.1. The lowest BCUT2D eigenvalue weighted by Crippen LogP contribution is -2.05. The van der Waals surface area contributed by atoms with E-state index in [0.29, 0.717) is 5.78 Å². The van der Waals surface area contributed by atoms with Crippen molar-refractivity contribution in [2.24, 2.45) is 11.7 Å². The van der Waals surface area contributed by atoms with Gasteiger partial charge >= 0.3 is 0 Å². The van der Waals surface area contributed by atoms with Crippen LogP contribution in [0.15, 0.2) is 0 Å². The van der Waals surface area contributed by atoms with Crippen LogP contribution in [0.25, 0.3) is 0 Å². The van der Waals surface area contributed by atoms with Gasteiger partial charge in [0.25, 0.3) is 0 Å². The maximum atomic E-state index is 11.5. The average Bonchev–Trinajstić information content (AvgIpc) is 2.47. The highest BCUT2D eigenvalue weighted by molar-refractivity contribution is 5.80. The van der Waals surface area contributed by atoms with Gasteiger partial charge in [0.05, 0.1) is 0 Å². The Balaban J connectivity index is 3.04. The van der Waals surface area contributed by atoms with Crippen molar-refractivity contribution in [2.75, 3.05) is 6.54 Å². The second-order valence-electron chi connectivity index (χ2n) is 6.76. The number of hydrogen-bond donors (Lipinski definition) is 1. The predicted octanol–water partition coefficient (Wildman–Crippen LogP) is 5.63. The third-order valence-electron chi connectivity index (χ3n) is 4.27. The summed E-state index contributed by atoms with van der Waals surface area (Å²) in [5, 5.41) is 0. The topological polar surface area (TPSA) is 43.1 Å².